The maximum Gasteiger partial charge on any atom is 0.158 e. The van der Waals surface area contributed by atoms with Crippen molar-refractivity contribution in [2.75, 3.05) is 0 Å². The number of hydrogen-bond acceptors (Lipinski definition) is 1. The van der Waals surface area contributed by atoms with Gasteiger partial charge in [-0.2, -0.15) is 0 Å². The van der Waals surface area contributed by atoms with Gasteiger partial charge in [-0.25, -0.2) is 4.39 Å². The molecule has 2 rings (SSSR count). The van der Waals surface area contributed by atoms with E-state index in [1.165, 1.54) is 6.07 Å². The summed E-state index contributed by atoms with van der Waals surface area (Å²) in [6.45, 7) is 0. The summed E-state index contributed by atoms with van der Waals surface area (Å²) in [5.41, 5.74) is 1.84. The predicted molar refractivity (Wildman–Crippen MR) is 53.5 cm³/mol. The van der Waals surface area contributed by atoms with Crippen LogP contribution in [0.25, 0.3) is 6.08 Å². The summed E-state index contributed by atoms with van der Waals surface area (Å²) in [5, 5.41) is 0. The van der Waals surface area contributed by atoms with E-state index in [-0.39, 0.29) is 10.5 Å². The highest BCUT2D eigenvalue weighted by atomic mass is 32.1. The molecule has 1 heterocycles. The van der Waals surface area contributed by atoms with Gasteiger partial charge in [-0.1, -0.05) is 30.4 Å². The van der Waals surface area contributed by atoms with Crippen LogP contribution < -0.4 is 0 Å². The molecule has 0 aliphatic heterocycles. The number of halogens is 1. The van der Waals surface area contributed by atoms with Crippen molar-refractivity contribution in [2.24, 2.45) is 0 Å². The van der Waals surface area contributed by atoms with Crippen molar-refractivity contribution < 1.29 is 4.39 Å². The minimum atomic E-state index is -0.350. The van der Waals surface area contributed by atoms with E-state index >= 15 is 0 Å². The van der Waals surface area contributed by atoms with E-state index in [4.69, 9.17) is 12.2 Å². The summed E-state index contributed by atoms with van der Waals surface area (Å²) >= 11 is 4.80. The number of pyridine rings is 1. The normalized spacial score (nSPS) is 13.9. The molecule has 0 bridgehead atoms. The molecule has 0 atom stereocenters. The minimum Gasteiger partial charge on any atom is -0.344 e. The van der Waals surface area contributed by atoms with Crippen LogP contribution in [-0.4, -0.2) is 4.98 Å². The first kappa shape index (κ1) is 8.38. The smallest absolute Gasteiger partial charge is 0.158 e. The number of rotatable bonds is 0. The predicted octanol–water partition coefficient (Wildman–Crippen LogP) is 3.01. The molecule has 0 saturated heterocycles. The molecule has 3 heteroatoms. The second-order valence-electron chi connectivity index (χ2n) is 2.88. The first-order valence-electron chi connectivity index (χ1n) is 4.02. The molecule has 66 valence electrons. The van der Waals surface area contributed by atoms with Crippen molar-refractivity contribution in [1.82, 2.24) is 4.98 Å². The Bertz CT molecular complexity index is 443. The van der Waals surface area contributed by atoms with Crippen LogP contribution >= 0.6 is 12.2 Å². The van der Waals surface area contributed by atoms with E-state index in [1.807, 2.05) is 24.3 Å². The monoisotopic (exact) mass is 193 g/mol. The molecule has 13 heavy (non-hydrogen) atoms. The van der Waals surface area contributed by atoms with Crippen LogP contribution in [0.15, 0.2) is 24.3 Å². The van der Waals surface area contributed by atoms with Crippen molar-refractivity contribution in [3.05, 3.63) is 46.0 Å². The van der Waals surface area contributed by atoms with Gasteiger partial charge < -0.3 is 4.98 Å². The third kappa shape index (κ3) is 1.60. The Balaban J connectivity index is 2.64. The molecule has 0 fully saturated rings. The molecule has 0 radical (unpaired) electrons. The Hall–Kier alpha value is -1.22. The summed E-state index contributed by atoms with van der Waals surface area (Å²) in [6, 6.07) is 1.49. The van der Waals surface area contributed by atoms with Crippen molar-refractivity contribution in [3.63, 3.8) is 0 Å². The van der Waals surface area contributed by atoms with Gasteiger partial charge in [0.1, 0.15) is 4.64 Å². The number of fused-ring (bicyclic) bond motifs is 1. The lowest BCUT2D eigenvalue weighted by Gasteiger charge is -2.02. The zero-order valence-corrected chi connectivity index (χ0v) is 7.70. The Morgan fingerprint density at radius 1 is 1.38 bits per heavy atom. The van der Waals surface area contributed by atoms with Gasteiger partial charge in [0.15, 0.2) is 5.82 Å². The highest BCUT2D eigenvalue weighted by Crippen LogP contribution is 2.14. The molecule has 1 aliphatic carbocycles. The fraction of sp³-hybridized carbons (Fsp3) is 0.100. The molecule has 0 unspecified atom stereocenters. The van der Waals surface area contributed by atoms with Gasteiger partial charge >= 0.3 is 0 Å². The Labute approximate surface area is 80.6 Å². The molecule has 0 aromatic carbocycles. The Morgan fingerprint density at radius 2 is 2.23 bits per heavy atom. The van der Waals surface area contributed by atoms with Crippen LogP contribution in [-0.2, 0) is 6.42 Å². The molecule has 0 amide bonds. The highest BCUT2D eigenvalue weighted by molar-refractivity contribution is 7.71. The first-order valence-corrected chi connectivity index (χ1v) is 4.43. The summed E-state index contributed by atoms with van der Waals surface area (Å²) in [5.74, 6) is -0.350. The summed E-state index contributed by atoms with van der Waals surface area (Å²) in [7, 11) is 0. The van der Waals surface area contributed by atoms with Crippen LogP contribution in [0, 0.1) is 10.5 Å². The summed E-state index contributed by atoms with van der Waals surface area (Å²) in [4.78, 5) is 2.85. The van der Waals surface area contributed by atoms with E-state index in [0.717, 1.165) is 17.7 Å². The van der Waals surface area contributed by atoms with Crippen LogP contribution in [0.1, 0.15) is 11.3 Å². The maximum absolute atomic E-state index is 13.1. The SMILES string of the molecule is Fc1cc2c([nH]c1=S)C=CC=CC2. The molecule has 0 saturated carbocycles. The maximum atomic E-state index is 13.1. The minimum absolute atomic E-state index is 0.172. The van der Waals surface area contributed by atoms with Crippen molar-refractivity contribution in [1.29, 1.82) is 0 Å². The van der Waals surface area contributed by atoms with Crippen LogP contribution in [0.5, 0.6) is 0 Å². The largest absolute Gasteiger partial charge is 0.344 e. The molecule has 0 spiro atoms. The topological polar surface area (TPSA) is 15.8 Å². The third-order valence-electron chi connectivity index (χ3n) is 1.96. The number of nitrogens with one attached hydrogen (secondary N) is 1. The van der Waals surface area contributed by atoms with Gasteiger partial charge in [-0.15, -0.1) is 0 Å². The van der Waals surface area contributed by atoms with E-state index in [9.17, 15) is 4.39 Å². The van der Waals surface area contributed by atoms with E-state index < -0.39 is 0 Å². The summed E-state index contributed by atoms with van der Waals surface area (Å²) < 4.78 is 13.2. The van der Waals surface area contributed by atoms with Crippen LogP contribution in [0.2, 0.25) is 0 Å². The number of hydrogen-bond donors (Lipinski definition) is 1. The molecule has 1 aliphatic rings. The second kappa shape index (κ2) is 3.26. The molecule has 1 aromatic rings. The van der Waals surface area contributed by atoms with Crippen molar-refractivity contribution >= 4 is 18.3 Å². The van der Waals surface area contributed by atoms with Crippen molar-refractivity contribution in [2.45, 2.75) is 6.42 Å². The zero-order chi connectivity index (χ0) is 9.26. The summed E-state index contributed by atoms with van der Waals surface area (Å²) in [6.07, 6.45) is 8.47. The van der Waals surface area contributed by atoms with Gasteiger partial charge in [0.05, 0.1) is 0 Å². The average molecular weight is 193 g/mol. The lowest BCUT2D eigenvalue weighted by molar-refractivity contribution is 0.614. The van der Waals surface area contributed by atoms with E-state index in [0.29, 0.717) is 0 Å². The number of H-pyrrole nitrogens is 1. The first-order chi connectivity index (χ1) is 6.27. The van der Waals surface area contributed by atoms with Crippen LogP contribution in [0.3, 0.4) is 0 Å². The standard InChI is InChI=1S/C10H8FNS/c11-8-6-7-4-2-1-3-5-9(7)12-10(8)13/h1-3,5-6H,4H2,(H,12,13). The second-order valence-corrected chi connectivity index (χ2v) is 3.28. The molecule has 1 N–H and O–H groups in total. The van der Waals surface area contributed by atoms with Crippen LogP contribution in [0.4, 0.5) is 4.39 Å². The van der Waals surface area contributed by atoms with Gasteiger partial charge in [-0.3, -0.25) is 0 Å². The molecule has 1 aromatic heterocycles. The van der Waals surface area contributed by atoms with Gasteiger partial charge in [0.2, 0.25) is 0 Å². The third-order valence-corrected chi connectivity index (χ3v) is 2.26. The molecular weight excluding hydrogens is 185 g/mol. The van der Waals surface area contributed by atoms with Gasteiger partial charge in [0.25, 0.3) is 0 Å². The average Bonchev–Trinajstić information content (AvgIpc) is 2.31. The van der Waals surface area contributed by atoms with E-state index in [1.54, 1.807) is 0 Å². The number of aromatic nitrogens is 1. The fourth-order valence-corrected chi connectivity index (χ4v) is 1.47. The number of allylic oxidation sites excluding steroid dienone is 3. The lowest BCUT2D eigenvalue weighted by Crippen LogP contribution is -1.93. The number of aromatic amines is 1. The quantitative estimate of drug-likeness (QED) is 0.626. The molecular formula is C10H8FNS. The lowest BCUT2D eigenvalue weighted by atomic mass is 10.1. The highest BCUT2D eigenvalue weighted by Gasteiger charge is 2.03. The molecule has 1 nitrogen and oxygen atoms in total. The Morgan fingerprint density at radius 3 is 3.08 bits per heavy atom. The fourth-order valence-electron chi connectivity index (χ4n) is 1.30. The zero-order valence-electron chi connectivity index (χ0n) is 6.88. The van der Waals surface area contributed by atoms with Gasteiger partial charge in [-0.05, 0) is 24.1 Å². The van der Waals surface area contributed by atoms with Crippen molar-refractivity contribution in [3.8, 4) is 0 Å². The van der Waals surface area contributed by atoms with E-state index in [2.05, 4.69) is 4.98 Å². The Kier molecular flexibility index (Phi) is 2.10. The van der Waals surface area contributed by atoms with Gasteiger partial charge in [0, 0.05) is 5.69 Å².